The fourth-order valence-electron chi connectivity index (χ4n) is 7.14. The van der Waals surface area contributed by atoms with Gasteiger partial charge in [-0.1, -0.05) is 49.4 Å². The zero-order chi connectivity index (χ0) is 20.6. The molecule has 5 unspecified atom stereocenters. The quantitative estimate of drug-likeness (QED) is 0.472. The van der Waals surface area contributed by atoms with Crippen molar-refractivity contribution in [3.8, 4) is 0 Å². The summed E-state index contributed by atoms with van der Waals surface area (Å²) in [5.74, 6) is 0.896. The predicted octanol–water partition coefficient (Wildman–Crippen LogP) is 4.40. The summed E-state index contributed by atoms with van der Waals surface area (Å²) in [6.07, 6.45) is 14.2. The van der Waals surface area contributed by atoms with Crippen LogP contribution in [0.15, 0.2) is 36.0 Å². The van der Waals surface area contributed by atoms with Crippen LogP contribution in [0.1, 0.15) is 52.9 Å². The van der Waals surface area contributed by atoms with Gasteiger partial charge in [-0.15, -0.1) is 0 Å². The van der Waals surface area contributed by atoms with E-state index in [1.807, 2.05) is 0 Å². The highest BCUT2D eigenvalue weighted by atomic mass is 32.2. The van der Waals surface area contributed by atoms with Crippen LogP contribution in [0.3, 0.4) is 0 Å². The largest absolute Gasteiger partial charge is 0.458 e. The van der Waals surface area contributed by atoms with E-state index in [4.69, 9.17) is 4.74 Å². The van der Waals surface area contributed by atoms with Crippen LogP contribution in [-0.2, 0) is 19.1 Å². The maximum Gasteiger partial charge on any atom is 0.306 e. The number of ether oxygens (including phenoxy) is 1. The minimum absolute atomic E-state index is 0.0461. The Hall–Kier alpha value is -1.62. The Kier molecular flexibility index (Phi) is 4.13. The van der Waals surface area contributed by atoms with Gasteiger partial charge in [0.1, 0.15) is 5.60 Å². The van der Waals surface area contributed by atoms with Gasteiger partial charge in [-0.2, -0.15) is 0 Å². The van der Waals surface area contributed by atoms with Crippen molar-refractivity contribution in [2.24, 2.45) is 28.6 Å². The summed E-state index contributed by atoms with van der Waals surface area (Å²) >= 11 is 1.44. The van der Waals surface area contributed by atoms with Gasteiger partial charge in [0.05, 0.1) is 0 Å². The fraction of sp³-hybridized carbons (Fsp3) is 0.625. The summed E-state index contributed by atoms with van der Waals surface area (Å²) in [5, 5.41) is 0.282. The minimum Gasteiger partial charge on any atom is -0.458 e. The lowest BCUT2D eigenvalue weighted by Crippen LogP contribution is -2.55. The predicted molar refractivity (Wildman–Crippen MR) is 112 cm³/mol. The number of ketones is 1. The van der Waals surface area contributed by atoms with E-state index >= 15 is 0 Å². The molecule has 0 radical (unpaired) electrons. The Morgan fingerprint density at radius 3 is 2.69 bits per heavy atom. The lowest BCUT2D eigenvalue weighted by molar-refractivity contribution is -0.157. The van der Waals surface area contributed by atoms with Gasteiger partial charge in [-0.05, 0) is 55.6 Å². The molecule has 0 amide bonds. The van der Waals surface area contributed by atoms with E-state index in [9.17, 15) is 14.4 Å². The molecule has 1 aliphatic heterocycles. The third kappa shape index (κ3) is 2.55. The number of rotatable bonds is 1. The van der Waals surface area contributed by atoms with Crippen molar-refractivity contribution in [3.05, 3.63) is 36.0 Å². The van der Waals surface area contributed by atoms with E-state index in [0.717, 1.165) is 31.3 Å². The Morgan fingerprint density at radius 2 is 2.00 bits per heavy atom. The van der Waals surface area contributed by atoms with Crippen LogP contribution in [0.4, 0.5) is 0 Å². The van der Waals surface area contributed by atoms with Crippen LogP contribution in [0.25, 0.3) is 0 Å². The molecule has 5 aliphatic rings. The molecular weight excluding hydrogens is 384 g/mol. The van der Waals surface area contributed by atoms with Crippen molar-refractivity contribution in [1.29, 1.82) is 0 Å². The average molecular weight is 413 g/mol. The second-order valence-corrected chi connectivity index (χ2v) is 11.3. The molecule has 154 valence electrons. The summed E-state index contributed by atoms with van der Waals surface area (Å²) < 4.78 is 5.99. The molecule has 29 heavy (non-hydrogen) atoms. The Bertz CT molecular complexity index is 901. The Balaban J connectivity index is 1.61. The molecule has 3 fully saturated rings. The van der Waals surface area contributed by atoms with Gasteiger partial charge in [0.25, 0.3) is 0 Å². The first-order valence-electron chi connectivity index (χ1n) is 10.7. The highest BCUT2D eigenvalue weighted by molar-refractivity contribution is 8.14. The molecule has 4 aliphatic carbocycles. The SMILES string of the molecule is CC(=O)S[C@@H]1CC2=CC(=O)C=CC2(C)C2C=CC3(C)C(CC[C@@]34CCC(=O)O4)C21. The monoisotopic (exact) mass is 412 g/mol. The highest BCUT2D eigenvalue weighted by Gasteiger charge is 2.66. The van der Waals surface area contributed by atoms with E-state index in [2.05, 4.69) is 32.1 Å². The molecule has 1 heterocycles. The van der Waals surface area contributed by atoms with Crippen molar-refractivity contribution < 1.29 is 19.1 Å². The van der Waals surface area contributed by atoms with Crippen molar-refractivity contribution in [3.63, 3.8) is 0 Å². The van der Waals surface area contributed by atoms with Crippen LogP contribution in [0, 0.1) is 28.6 Å². The Labute approximate surface area is 176 Å². The van der Waals surface area contributed by atoms with E-state index in [1.54, 1.807) is 19.1 Å². The zero-order valence-corrected chi connectivity index (χ0v) is 18.1. The molecular formula is C24H28O4S. The summed E-state index contributed by atoms with van der Waals surface area (Å²) in [4.78, 5) is 36.2. The number of fused-ring (bicyclic) bond motifs is 6. The number of esters is 1. The lowest BCUT2D eigenvalue weighted by atomic mass is 9.49. The molecule has 7 atom stereocenters. The van der Waals surface area contributed by atoms with E-state index in [-0.39, 0.29) is 38.9 Å². The fourth-order valence-corrected chi connectivity index (χ4v) is 8.35. The molecule has 0 N–H and O–H groups in total. The molecule has 5 heteroatoms. The first-order chi connectivity index (χ1) is 13.7. The first kappa shape index (κ1) is 19.3. The second kappa shape index (κ2) is 6.19. The normalized spacial score (nSPS) is 47.5. The third-order valence-corrected chi connectivity index (χ3v) is 9.76. The van der Waals surface area contributed by atoms with Crippen molar-refractivity contribution in [2.45, 2.75) is 63.7 Å². The third-order valence-electron chi connectivity index (χ3n) is 8.64. The van der Waals surface area contributed by atoms with Gasteiger partial charge in [-0.3, -0.25) is 14.4 Å². The number of hydrogen-bond acceptors (Lipinski definition) is 5. The van der Waals surface area contributed by atoms with Gasteiger partial charge in [0, 0.05) is 29.4 Å². The van der Waals surface area contributed by atoms with Crippen molar-refractivity contribution in [2.75, 3.05) is 0 Å². The molecule has 0 aromatic heterocycles. The number of hydrogen-bond donors (Lipinski definition) is 0. The molecule has 1 saturated heterocycles. The van der Waals surface area contributed by atoms with Crippen LogP contribution in [0.2, 0.25) is 0 Å². The van der Waals surface area contributed by atoms with E-state index < -0.39 is 5.60 Å². The standard InChI is InChI=1S/C24H28O4S/c1-14(25)29-19-13-15-12-16(26)4-8-22(15,2)17-5-9-23(3)18(21(17)19)6-10-24(23)11-7-20(27)28-24/h4-5,8-9,12,17-19,21H,6-7,10-11,13H2,1-3H3/t17?,18?,19-,21?,22?,23?,24-/m1/s1. The van der Waals surface area contributed by atoms with Gasteiger partial charge in [-0.25, -0.2) is 0 Å². The topological polar surface area (TPSA) is 60.4 Å². The molecule has 0 bridgehead atoms. The van der Waals surface area contributed by atoms with Gasteiger partial charge in [0.2, 0.25) is 0 Å². The molecule has 4 nitrogen and oxygen atoms in total. The van der Waals surface area contributed by atoms with E-state index in [0.29, 0.717) is 18.3 Å². The number of thioether (sulfide) groups is 1. The van der Waals surface area contributed by atoms with Crippen LogP contribution < -0.4 is 0 Å². The maximum atomic E-state index is 12.1. The minimum atomic E-state index is -0.392. The summed E-state index contributed by atoms with van der Waals surface area (Å²) in [7, 11) is 0. The molecule has 0 aromatic rings. The number of carbonyl (C=O) groups is 3. The number of carbonyl (C=O) groups excluding carboxylic acids is 3. The second-order valence-electron chi connectivity index (χ2n) is 9.90. The molecule has 5 rings (SSSR count). The Morgan fingerprint density at radius 1 is 1.21 bits per heavy atom. The van der Waals surface area contributed by atoms with Gasteiger partial charge in [0.15, 0.2) is 10.9 Å². The molecule has 1 spiro atoms. The highest BCUT2D eigenvalue weighted by Crippen LogP contribution is 2.68. The number of allylic oxidation sites excluding steroid dienone is 5. The van der Waals surface area contributed by atoms with Gasteiger partial charge >= 0.3 is 5.97 Å². The summed E-state index contributed by atoms with van der Waals surface area (Å²) in [6, 6.07) is 0. The average Bonchev–Trinajstić information content (AvgIpc) is 3.17. The van der Waals surface area contributed by atoms with Crippen LogP contribution in [-0.4, -0.2) is 27.7 Å². The smallest absolute Gasteiger partial charge is 0.306 e. The molecule has 0 aromatic carbocycles. The maximum absolute atomic E-state index is 12.1. The van der Waals surface area contributed by atoms with Crippen molar-refractivity contribution >= 4 is 28.6 Å². The molecule has 2 saturated carbocycles. The lowest BCUT2D eigenvalue weighted by Gasteiger charge is -2.57. The van der Waals surface area contributed by atoms with Crippen LogP contribution >= 0.6 is 11.8 Å². The van der Waals surface area contributed by atoms with Crippen molar-refractivity contribution in [1.82, 2.24) is 0 Å². The summed E-state index contributed by atoms with van der Waals surface area (Å²) in [6.45, 7) is 6.14. The van der Waals surface area contributed by atoms with Gasteiger partial charge < -0.3 is 4.74 Å². The van der Waals surface area contributed by atoms with Crippen LogP contribution in [0.5, 0.6) is 0 Å². The zero-order valence-electron chi connectivity index (χ0n) is 17.3. The first-order valence-corrected chi connectivity index (χ1v) is 11.6. The van der Waals surface area contributed by atoms with E-state index in [1.165, 1.54) is 11.8 Å². The summed E-state index contributed by atoms with van der Waals surface area (Å²) in [5.41, 5.74) is 0.378.